The van der Waals surface area contributed by atoms with Crippen LogP contribution in [0.2, 0.25) is 0 Å². The fraction of sp³-hybridized carbons (Fsp3) is 1.00. The minimum absolute atomic E-state index is 0.265. The summed E-state index contributed by atoms with van der Waals surface area (Å²) in [6.45, 7) is 12.4. The lowest BCUT2D eigenvalue weighted by Crippen LogP contribution is -2.48. The summed E-state index contributed by atoms with van der Waals surface area (Å²) in [5.74, 6) is 0. The van der Waals surface area contributed by atoms with Gasteiger partial charge in [0.15, 0.2) is 0 Å². The molecule has 0 unspecified atom stereocenters. The molecule has 16 heavy (non-hydrogen) atoms. The van der Waals surface area contributed by atoms with Crippen LogP contribution in [0.4, 0.5) is 0 Å². The topological polar surface area (TPSA) is 30.0 Å². The second-order valence-electron chi connectivity index (χ2n) is 5.00. The third kappa shape index (κ3) is 4.78. The summed E-state index contributed by atoms with van der Waals surface area (Å²) >= 11 is 0. The molecule has 1 aliphatic heterocycles. The van der Waals surface area contributed by atoms with Gasteiger partial charge in [-0.25, -0.2) is 0 Å². The van der Waals surface area contributed by atoms with Crippen molar-refractivity contribution in [3.8, 4) is 0 Å². The van der Waals surface area contributed by atoms with Crippen molar-refractivity contribution in [1.82, 2.24) is 14.7 Å². The van der Waals surface area contributed by atoms with Crippen LogP contribution in [-0.2, 0) is 0 Å². The third-order valence-corrected chi connectivity index (χ3v) is 3.42. The Labute approximate surface area is 99.8 Å². The number of hydrogen-bond acceptors (Lipinski definition) is 4. The molecule has 0 aliphatic carbocycles. The smallest absolute Gasteiger partial charge is 0.0558 e. The molecule has 1 rings (SSSR count). The van der Waals surface area contributed by atoms with E-state index in [2.05, 4.69) is 35.6 Å². The summed E-state index contributed by atoms with van der Waals surface area (Å²) in [6.07, 6.45) is 0. The Morgan fingerprint density at radius 1 is 1.12 bits per heavy atom. The average Bonchev–Trinajstić information content (AvgIpc) is 2.26. The van der Waals surface area contributed by atoms with E-state index in [1.165, 1.54) is 26.2 Å². The Kier molecular flexibility index (Phi) is 6.28. The molecule has 1 saturated heterocycles. The van der Waals surface area contributed by atoms with Crippen molar-refractivity contribution in [2.75, 3.05) is 59.5 Å². The Bertz CT molecular complexity index is 179. The second kappa shape index (κ2) is 7.22. The van der Waals surface area contributed by atoms with Crippen molar-refractivity contribution in [2.24, 2.45) is 0 Å². The van der Waals surface area contributed by atoms with Crippen LogP contribution >= 0.6 is 0 Å². The monoisotopic (exact) mass is 229 g/mol. The predicted molar refractivity (Wildman–Crippen MR) is 67.7 cm³/mol. The zero-order chi connectivity index (χ0) is 12.0. The van der Waals surface area contributed by atoms with Crippen molar-refractivity contribution in [2.45, 2.75) is 19.9 Å². The lowest BCUT2D eigenvalue weighted by atomic mass is 10.3. The molecule has 0 aromatic heterocycles. The molecule has 4 heteroatoms. The van der Waals surface area contributed by atoms with Crippen LogP contribution in [-0.4, -0.2) is 85.3 Å². The molecule has 0 bridgehead atoms. The number of hydrogen-bond donors (Lipinski definition) is 1. The summed E-state index contributed by atoms with van der Waals surface area (Å²) in [5, 5.41) is 9.00. The number of aliphatic hydroxyl groups excluding tert-OH is 1. The van der Waals surface area contributed by atoms with Crippen molar-refractivity contribution >= 4 is 0 Å². The summed E-state index contributed by atoms with van der Waals surface area (Å²) in [6, 6.07) is 0.527. The lowest BCUT2D eigenvalue weighted by molar-refractivity contribution is 0.114. The van der Waals surface area contributed by atoms with E-state index in [0.29, 0.717) is 6.04 Å². The number of nitrogens with zero attached hydrogens (tertiary/aromatic N) is 3. The Balaban J connectivity index is 2.21. The molecule has 4 nitrogen and oxygen atoms in total. The standard InChI is InChI=1S/C12H27N3O/c1-12(2)15(10-11-16)9-8-14-6-4-13(3)5-7-14/h12,16H,4-11H2,1-3H3. The SMILES string of the molecule is CC(C)N(CCO)CCN1CCN(C)CC1. The van der Waals surface area contributed by atoms with E-state index in [1.807, 2.05) is 0 Å². The van der Waals surface area contributed by atoms with Crippen molar-refractivity contribution in [3.63, 3.8) is 0 Å². The molecular formula is C12H27N3O. The maximum Gasteiger partial charge on any atom is 0.0558 e. The van der Waals surface area contributed by atoms with E-state index in [-0.39, 0.29) is 6.61 Å². The predicted octanol–water partition coefficient (Wildman–Crippen LogP) is -0.0635. The molecule has 0 spiro atoms. The highest BCUT2D eigenvalue weighted by atomic mass is 16.3. The maximum atomic E-state index is 9.00. The molecule has 0 saturated carbocycles. The van der Waals surface area contributed by atoms with Gasteiger partial charge in [-0.2, -0.15) is 0 Å². The minimum Gasteiger partial charge on any atom is -0.395 e. The first-order valence-electron chi connectivity index (χ1n) is 6.39. The highest BCUT2D eigenvalue weighted by molar-refractivity contribution is 4.71. The second-order valence-corrected chi connectivity index (χ2v) is 5.00. The number of likely N-dealkylation sites (N-methyl/N-ethyl adjacent to an activating group) is 1. The van der Waals surface area contributed by atoms with Gasteiger partial charge in [0.05, 0.1) is 6.61 Å². The largest absolute Gasteiger partial charge is 0.395 e. The first-order valence-corrected chi connectivity index (χ1v) is 6.39. The van der Waals surface area contributed by atoms with Crippen LogP contribution in [0.25, 0.3) is 0 Å². The molecule has 1 aliphatic rings. The van der Waals surface area contributed by atoms with Gasteiger partial charge in [0, 0.05) is 51.9 Å². The minimum atomic E-state index is 0.265. The molecule has 0 radical (unpaired) electrons. The summed E-state index contributed by atoms with van der Waals surface area (Å²) in [4.78, 5) is 7.25. The van der Waals surface area contributed by atoms with Gasteiger partial charge in [0.2, 0.25) is 0 Å². The Morgan fingerprint density at radius 2 is 1.75 bits per heavy atom. The van der Waals surface area contributed by atoms with Crippen LogP contribution in [0.1, 0.15) is 13.8 Å². The maximum absolute atomic E-state index is 9.00. The van der Waals surface area contributed by atoms with Crippen molar-refractivity contribution in [3.05, 3.63) is 0 Å². The molecule has 0 aromatic rings. The molecule has 0 atom stereocenters. The van der Waals surface area contributed by atoms with Crippen LogP contribution < -0.4 is 0 Å². The summed E-state index contributed by atoms with van der Waals surface area (Å²) in [5.41, 5.74) is 0. The van der Waals surface area contributed by atoms with E-state index in [0.717, 1.165) is 19.6 Å². The first-order chi connectivity index (χ1) is 7.63. The van der Waals surface area contributed by atoms with E-state index in [4.69, 9.17) is 5.11 Å². The number of aliphatic hydroxyl groups is 1. The Hall–Kier alpha value is -0.160. The van der Waals surface area contributed by atoms with Gasteiger partial charge in [0.25, 0.3) is 0 Å². The molecule has 0 amide bonds. The number of rotatable bonds is 6. The van der Waals surface area contributed by atoms with Gasteiger partial charge in [-0.1, -0.05) is 0 Å². The molecule has 1 fully saturated rings. The van der Waals surface area contributed by atoms with Gasteiger partial charge in [-0.3, -0.25) is 9.80 Å². The average molecular weight is 229 g/mol. The van der Waals surface area contributed by atoms with E-state index in [9.17, 15) is 0 Å². The van der Waals surface area contributed by atoms with Gasteiger partial charge in [-0.15, -0.1) is 0 Å². The van der Waals surface area contributed by atoms with Crippen LogP contribution in [0.5, 0.6) is 0 Å². The molecule has 96 valence electrons. The van der Waals surface area contributed by atoms with E-state index in [1.54, 1.807) is 0 Å². The fourth-order valence-electron chi connectivity index (χ4n) is 2.10. The normalized spacial score (nSPS) is 19.9. The van der Waals surface area contributed by atoms with Crippen LogP contribution in [0.3, 0.4) is 0 Å². The first kappa shape index (κ1) is 13.9. The van der Waals surface area contributed by atoms with Gasteiger partial charge < -0.3 is 10.0 Å². The van der Waals surface area contributed by atoms with Crippen LogP contribution in [0, 0.1) is 0 Å². The zero-order valence-electron chi connectivity index (χ0n) is 11.0. The zero-order valence-corrected chi connectivity index (χ0v) is 11.0. The van der Waals surface area contributed by atoms with Crippen LogP contribution in [0.15, 0.2) is 0 Å². The van der Waals surface area contributed by atoms with Gasteiger partial charge >= 0.3 is 0 Å². The quantitative estimate of drug-likeness (QED) is 0.691. The Morgan fingerprint density at radius 3 is 2.25 bits per heavy atom. The van der Waals surface area contributed by atoms with E-state index >= 15 is 0 Å². The molecular weight excluding hydrogens is 202 g/mol. The van der Waals surface area contributed by atoms with Crippen molar-refractivity contribution in [1.29, 1.82) is 0 Å². The van der Waals surface area contributed by atoms with Gasteiger partial charge in [-0.05, 0) is 20.9 Å². The lowest BCUT2D eigenvalue weighted by Gasteiger charge is -2.34. The highest BCUT2D eigenvalue weighted by Crippen LogP contribution is 2.02. The molecule has 0 aromatic carbocycles. The molecule has 1 heterocycles. The fourth-order valence-corrected chi connectivity index (χ4v) is 2.10. The van der Waals surface area contributed by atoms with Crippen molar-refractivity contribution < 1.29 is 5.11 Å². The molecule has 1 N–H and O–H groups in total. The number of piperazine rings is 1. The van der Waals surface area contributed by atoms with Gasteiger partial charge in [0.1, 0.15) is 0 Å². The summed E-state index contributed by atoms with van der Waals surface area (Å²) < 4.78 is 0. The highest BCUT2D eigenvalue weighted by Gasteiger charge is 2.15. The summed E-state index contributed by atoms with van der Waals surface area (Å²) in [7, 11) is 2.18. The van der Waals surface area contributed by atoms with E-state index < -0.39 is 0 Å². The third-order valence-electron chi connectivity index (χ3n) is 3.42.